The maximum atomic E-state index is 13.3. The van der Waals surface area contributed by atoms with Crippen LogP contribution in [-0.2, 0) is 9.53 Å². The van der Waals surface area contributed by atoms with E-state index in [1.54, 1.807) is 25.1 Å². The monoisotopic (exact) mass is 370 g/mol. The minimum absolute atomic E-state index is 0.293. The number of esters is 1. The van der Waals surface area contributed by atoms with Crippen molar-refractivity contribution in [3.05, 3.63) is 101 Å². The van der Waals surface area contributed by atoms with Gasteiger partial charge in [0.15, 0.2) is 0 Å². The molecule has 3 aromatic carbocycles. The van der Waals surface area contributed by atoms with Crippen LogP contribution in [0.15, 0.2) is 78.9 Å². The third-order valence-electron chi connectivity index (χ3n) is 4.01. The van der Waals surface area contributed by atoms with E-state index in [4.69, 9.17) is 4.74 Å². The highest BCUT2D eigenvalue weighted by Crippen LogP contribution is 2.26. The van der Waals surface area contributed by atoms with Gasteiger partial charge in [0.05, 0.1) is 6.61 Å². The molecule has 0 spiro atoms. The smallest absolute Gasteiger partial charge is 0.330 e. The first-order valence-electron chi connectivity index (χ1n) is 8.97. The quantitative estimate of drug-likeness (QED) is 0.346. The zero-order chi connectivity index (χ0) is 19.8. The lowest BCUT2D eigenvalue weighted by atomic mass is 9.97. The van der Waals surface area contributed by atoms with Crippen molar-refractivity contribution in [2.24, 2.45) is 0 Å². The van der Waals surface area contributed by atoms with Crippen molar-refractivity contribution in [2.45, 2.75) is 6.92 Å². The second-order valence-electron chi connectivity index (χ2n) is 6.01. The summed E-state index contributed by atoms with van der Waals surface area (Å²) in [6.07, 6.45) is 3.09. The number of hydrogen-bond donors (Lipinski definition) is 0. The summed E-state index contributed by atoms with van der Waals surface area (Å²) in [6, 6.07) is 21.7. The van der Waals surface area contributed by atoms with Crippen molar-refractivity contribution in [3.63, 3.8) is 0 Å². The summed E-state index contributed by atoms with van der Waals surface area (Å²) in [5.41, 5.74) is 4.29. The molecule has 0 bridgehead atoms. The van der Waals surface area contributed by atoms with Gasteiger partial charge in [0, 0.05) is 17.2 Å². The van der Waals surface area contributed by atoms with E-state index < -0.39 is 5.97 Å². The van der Waals surface area contributed by atoms with Crippen molar-refractivity contribution < 1.29 is 13.9 Å². The topological polar surface area (TPSA) is 26.3 Å². The molecule has 0 radical (unpaired) electrons. The van der Waals surface area contributed by atoms with Crippen LogP contribution in [0.4, 0.5) is 4.39 Å². The fourth-order valence-corrected chi connectivity index (χ4v) is 2.66. The van der Waals surface area contributed by atoms with Crippen LogP contribution in [0, 0.1) is 17.7 Å². The van der Waals surface area contributed by atoms with Gasteiger partial charge in [0.1, 0.15) is 5.82 Å². The highest BCUT2D eigenvalue weighted by Gasteiger charge is 2.06. The summed E-state index contributed by atoms with van der Waals surface area (Å²) in [7, 11) is 0. The average Bonchev–Trinajstić information content (AvgIpc) is 2.72. The van der Waals surface area contributed by atoms with Gasteiger partial charge in [-0.3, -0.25) is 0 Å². The largest absolute Gasteiger partial charge is 0.463 e. The molecule has 0 amide bonds. The van der Waals surface area contributed by atoms with Gasteiger partial charge in [0.25, 0.3) is 0 Å². The van der Waals surface area contributed by atoms with Crippen LogP contribution in [0.1, 0.15) is 23.6 Å². The van der Waals surface area contributed by atoms with Crippen LogP contribution in [0.2, 0.25) is 0 Å². The molecule has 0 unspecified atom stereocenters. The molecule has 0 heterocycles. The highest BCUT2D eigenvalue weighted by molar-refractivity contribution is 5.87. The molecule has 3 heteroatoms. The third kappa shape index (κ3) is 5.18. The van der Waals surface area contributed by atoms with Gasteiger partial charge in [-0.1, -0.05) is 48.2 Å². The molecule has 0 saturated heterocycles. The van der Waals surface area contributed by atoms with Crippen LogP contribution < -0.4 is 0 Å². The summed E-state index contributed by atoms with van der Waals surface area (Å²) in [5.74, 6) is 5.67. The van der Waals surface area contributed by atoms with Gasteiger partial charge < -0.3 is 4.74 Å². The van der Waals surface area contributed by atoms with Crippen molar-refractivity contribution >= 4 is 12.0 Å². The molecule has 0 aromatic heterocycles. The molecule has 0 N–H and O–H groups in total. The van der Waals surface area contributed by atoms with Gasteiger partial charge in [-0.15, -0.1) is 0 Å². The molecular weight excluding hydrogens is 351 g/mol. The van der Waals surface area contributed by atoms with Gasteiger partial charge in [-0.2, -0.15) is 0 Å². The van der Waals surface area contributed by atoms with Gasteiger partial charge in [-0.25, -0.2) is 9.18 Å². The Bertz CT molecular complexity index is 1040. The molecule has 3 rings (SSSR count). The minimum atomic E-state index is -0.390. The van der Waals surface area contributed by atoms with E-state index in [2.05, 4.69) is 11.8 Å². The Balaban J connectivity index is 2.00. The third-order valence-corrected chi connectivity index (χ3v) is 4.01. The first-order valence-corrected chi connectivity index (χ1v) is 8.97. The van der Waals surface area contributed by atoms with E-state index >= 15 is 0 Å². The van der Waals surface area contributed by atoms with Crippen LogP contribution in [-0.4, -0.2) is 12.6 Å². The van der Waals surface area contributed by atoms with Gasteiger partial charge in [-0.05, 0) is 66.1 Å². The summed E-state index contributed by atoms with van der Waals surface area (Å²) in [5, 5.41) is 0. The molecule has 0 atom stereocenters. The summed E-state index contributed by atoms with van der Waals surface area (Å²) < 4.78 is 18.3. The fraction of sp³-hybridized carbons (Fsp3) is 0.0800. The number of ether oxygens (including phenoxy) is 1. The minimum Gasteiger partial charge on any atom is -0.463 e. The van der Waals surface area contributed by atoms with E-state index in [1.807, 2.05) is 48.5 Å². The molecule has 138 valence electrons. The highest BCUT2D eigenvalue weighted by atomic mass is 19.1. The van der Waals surface area contributed by atoms with Gasteiger partial charge >= 0.3 is 5.97 Å². The van der Waals surface area contributed by atoms with Crippen LogP contribution in [0.25, 0.3) is 17.2 Å². The normalized spacial score (nSPS) is 10.4. The Kier molecular flexibility index (Phi) is 6.38. The molecule has 2 nitrogen and oxygen atoms in total. The van der Waals surface area contributed by atoms with E-state index in [0.717, 1.165) is 27.8 Å². The molecule has 0 fully saturated rings. The fourth-order valence-electron chi connectivity index (χ4n) is 2.66. The molecule has 0 saturated carbocycles. The Labute approximate surface area is 164 Å². The molecule has 0 aliphatic heterocycles. The van der Waals surface area contributed by atoms with Crippen LogP contribution in [0.5, 0.6) is 0 Å². The number of hydrogen-bond acceptors (Lipinski definition) is 2. The maximum Gasteiger partial charge on any atom is 0.330 e. The second-order valence-corrected chi connectivity index (χ2v) is 6.01. The van der Waals surface area contributed by atoms with Crippen molar-refractivity contribution in [1.82, 2.24) is 0 Å². The predicted octanol–water partition coefficient (Wildman–Crippen LogP) is 5.47. The second kappa shape index (κ2) is 9.34. The lowest BCUT2D eigenvalue weighted by molar-refractivity contribution is -0.137. The van der Waals surface area contributed by atoms with Crippen LogP contribution in [0.3, 0.4) is 0 Å². The molecule has 0 aliphatic carbocycles. The van der Waals surface area contributed by atoms with Crippen molar-refractivity contribution in [2.75, 3.05) is 6.61 Å². The Morgan fingerprint density at radius 1 is 1.00 bits per heavy atom. The predicted molar refractivity (Wildman–Crippen MR) is 110 cm³/mol. The summed E-state index contributed by atoms with van der Waals surface area (Å²) in [4.78, 5) is 11.6. The Hall–Kier alpha value is -3.64. The number of carbonyl (C=O) groups excluding carboxylic acids is 1. The van der Waals surface area contributed by atoms with Crippen molar-refractivity contribution in [3.8, 4) is 23.0 Å². The molecule has 3 aromatic rings. The van der Waals surface area contributed by atoms with E-state index in [9.17, 15) is 9.18 Å². The zero-order valence-corrected chi connectivity index (χ0v) is 15.5. The van der Waals surface area contributed by atoms with E-state index in [-0.39, 0.29) is 5.82 Å². The first-order chi connectivity index (χ1) is 13.7. The molecule has 0 aliphatic rings. The summed E-state index contributed by atoms with van der Waals surface area (Å²) in [6.45, 7) is 2.09. The lowest BCUT2D eigenvalue weighted by Crippen LogP contribution is -1.98. The standard InChI is InChI=1S/C25H19FO2/c1-2-28-25(27)17-10-20-9-12-21(11-8-19-6-4-3-5-7-19)24(18-20)22-13-15-23(26)16-14-22/h3-7,9-10,12-18H,2H2,1H3/b17-10-. The van der Waals surface area contributed by atoms with Crippen LogP contribution >= 0.6 is 0 Å². The van der Waals surface area contributed by atoms with Gasteiger partial charge in [0.2, 0.25) is 0 Å². The molecular formula is C25H19FO2. The van der Waals surface area contributed by atoms with E-state index in [1.165, 1.54) is 18.2 Å². The average molecular weight is 370 g/mol. The van der Waals surface area contributed by atoms with Crippen molar-refractivity contribution in [1.29, 1.82) is 0 Å². The van der Waals surface area contributed by atoms with E-state index in [0.29, 0.717) is 6.61 Å². The Morgan fingerprint density at radius 2 is 1.75 bits per heavy atom. The summed E-state index contributed by atoms with van der Waals surface area (Å²) >= 11 is 0. The Morgan fingerprint density at radius 3 is 2.46 bits per heavy atom. The molecule has 28 heavy (non-hydrogen) atoms. The number of benzene rings is 3. The zero-order valence-electron chi connectivity index (χ0n) is 15.5. The SMILES string of the molecule is CCOC(=O)/C=C\c1ccc(C#Cc2ccccc2)c(-c2ccc(F)cc2)c1. The first kappa shape index (κ1) is 19.1. The number of halogens is 1. The maximum absolute atomic E-state index is 13.3. The number of rotatable bonds is 4. The lowest BCUT2D eigenvalue weighted by Gasteiger charge is -2.07. The number of carbonyl (C=O) groups is 1.